The number of nitrogens with one attached hydrogen (secondary N) is 2. The van der Waals surface area contributed by atoms with Crippen LogP contribution in [0.5, 0.6) is 0 Å². The third-order valence-electron chi connectivity index (χ3n) is 4.28. The van der Waals surface area contributed by atoms with Gasteiger partial charge in [0, 0.05) is 29.9 Å². The van der Waals surface area contributed by atoms with Crippen LogP contribution in [-0.2, 0) is 21.2 Å². The van der Waals surface area contributed by atoms with E-state index in [0.29, 0.717) is 29.5 Å². The van der Waals surface area contributed by atoms with Crippen molar-refractivity contribution in [1.29, 1.82) is 0 Å². The molecule has 1 saturated carbocycles. The van der Waals surface area contributed by atoms with Crippen LogP contribution in [0.1, 0.15) is 50.8 Å². The number of sulfonamides is 1. The second kappa shape index (κ2) is 10.6. The summed E-state index contributed by atoms with van der Waals surface area (Å²) < 4.78 is 28.1. The van der Waals surface area contributed by atoms with Crippen molar-refractivity contribution in [1.82, 2.24) is 10.0 Å². The van der Waals surface area contributed by atoms with Gasteiger partial charge >= 0.3 is 0 Å². The van der Waals surface area contributed by atoms with Crippen LogP contribution in [0.4, 0.5) is 0 Å². The van der Waals surface area contributed by atoms with Gasteiger partial charge in [0.2, 0.25) is 15.9 Å². The molecule has 1 heterocycles. The number of amides is 1. The predicted molar refractivity (Wildman–Crippen MR) is 108 cm³/mol. The molecule has 2 rings (SSSR count). The number of carbonyl (C=O) groups is 1. The van der Waals surface area contributed by atoms with Crippen molar-refractivity contribution in [3.63, 3.8) is 0 Å². The molecule has 26 heavy (non-hydrogen) atoms. The molecule has 0 aromatic carbocycles. The molecule has 0 radical (unpaired) electrons. The van der Waals surface area contributed by atoms with Crippen molar-refractivity contribution in [3.05, 3.63) is 17.0 Å². The van der Waals surface area contributed by atoms with E-state index in [4.69, 9.17) is 5.73 Å². The molecule has 0 unspecified atom stereocenters. The minimum Gasteiger partial charge on any atom is -0.356 e. The molecule has 9 heteroatoms. The average Bonchev–Trinajstić information content (AvgIpc) is 2.98. The van der Waals surface area contributed by atoms with Crippen LogP contribution in [0.3, 0.4) is 0 Å². The normalized spacial score (nSPS) is 20.6. The average molecular weight is 424 g/mol. The van der Waals surface area contributed by atoms with Gasteiger partial charge in [0.25, 0.3) is 0 Å². The minimum atomic E-state index is -3.47. The lowest BCUT2D eigenvalue weighted by molar-refractivity contribution is -0.121. The molecule has 1 aromatic heterocycles. The summed E-state index contributed by atoms with van der Waals surface area (Å²) in [5.74, 6) is 0.371. The van der Waals surface area contributed by atoms with Crippen molar-refractivity contribution in [2.45, 2.75) is 68.7 Å². The van der Waals surface area contributed by atoms with Gasteiger partial charge < -0.3 is 11.1 Å². The first-order chi connectivity index (χ1) is 11.8. The Morgan fingerprint density at radius 1 is 1.27 bits per heavy atom. The number of nitrogens with two attached hydrogens (primary N) is 1. The number of hydrogen-bond donors (Lipinski definition) is 3. The van der Waals surface area contributed by atoms with Crippen LogP contribution in [0.15, 0.2) is 16.3 Å². The summed E-state index contributed by atoms with van der Waals surface area (Å²) in [6.07, 6.45) is 4.46. The van der Waals surface area contributed by atoms with Gasteiger partial charge in [-0.1, -0.05) is 13.8 Å². The molecule has 4 N–H and O–H groups in total. The van der Waals surface area contributed by atoms with Gasteiger partial charge in [0.15, 0.2) is 0 Å². The first-order valence-corrected chi connectivity index (χ1v) is 11.2. The summed E-state index contributed by atoms with van der Waals surface area (Å²) >= 11 is 1.27. The van der Waals surface area contributed by atoms with Crippen molar-refractivity contribution in [2.24, 2.45) is 11.7 Å². The van der Waals surface area contributed by atoms with Crippen LogP contribution in [0.2, 0.25) is 0 Å². The standard InChI is InChI=1S/C17H29N3O3S2.ClH/c1-12(2)11-16(21)19-10-9-15-7-8-17(24-15)25(22,23)20-14-5-3-13(18)4-6-14;/h7-8,12-14,20H,3-6,9-11,18H2,1-2H3,(H,19,21);1H. The van der Waals surface area contributed by atoms with E-state index >= 15 is 0 Å². The van der Waals surface area contributed by atoms with E-state index in [1.54, 1.807) is 6.07 Å². The Morgan fingerprint density at radius 2 is 1.92 bits per heavy atom. The van der Waals surface area contributed by atoms with Gasteiger partial charge in [-0.05, 0) is 50.2 Å². The largest absolute Gasteiger partial charge is 0.356 e. The first-order valence-electron chi connectivity index (χ1n) is 8.89. The Morgan fingerprint density at radius 3 is 2.54 bits per heavy atom. The summed E-state index contributed by atoms with van der Waals surface area (Å²) in [6.45, 7) is 4.53. The quantitative estimate of drug-likeness (QED) is 0.597. The minimum absolute atomic E-state index is 0. The molecule has 1 amide bonds. The fourth-order valence-electron chi connectivity index (χ4n) is 2.92. The van der Waals surface area contributed by atoms with E-state index in [1.165, 1.54) is 11.3 Å². The Balaban J connectivity index is 0.00000338. The highest BCUT2D eigenvalue weighted by Crippen LogP contribution is 2.24. The molecular formula is C17H30ClN3O3S2. The van der Waals surface area contributed by atoms with Crippen molar-refractivity contribution >= 4 is 39.7 Å². The summed E-state index contributed by atoms with van der Waals surface area (Å²) in [6, 6.07) is 3.64. The third kappa shape index (κ3) is 7.52. The molecular weight excluding hydrogens is 394 g/mol. The maximum absolute atomic E-state index is 12.5. The third-order valence-corrected chi connectivity index (χ3v) is 7.44. The zero-order valence-corrected chi connectivity index (χ0v) is 17.8. The van der Waals surface area contributed by atoms with E-state index in [9.17, 15) is 13.2 Å². The van der Waals surface area contributed by atoms with Crippen LogP contribution < -0.4 is 15.8 Å². The van der Waals surface area contributed by atoms with Crippen LogP contribution in [0.25, 0.3) is 0 Å². The zero-order chi connectivity index (χ0) is 18.4. The zero-order valence-electron chi connectivity index (χ0n) is 15.4. The molecule has 0 spiro atoms. The summed E-state index contributed by atoms with van der Waals surface area (Å²) in [5, 5.41) is 2.87. The van der Waals surface area contributed by atoms with E-state index in [0.717, 1.165) is 30.6 Å². The van der Waals surface area contributed by atoms with E-state index < -0.39 is 10.0 Å². The SMILES string of the molecule is CC(C)CC(=O)NCCc1ccc(S(=O)(=O)NC2CCC(N)CC2)s1.Cl. The molecule has 1 aliphatic rings. The molecule has 1 aliphatic carbocycles. The van der Waals surface area contributed by atoms with E-state index in [-0.39, 0.29) is 30.4 Å². The lowest BCUT2D eigenvalue weighted by Crippen LogP contribution is -2.40. The Bertz CT molecular complexity index is 669. The second-order valence-electron chi connectivity index (χ2n) is 7.15. The van der Waals surface area contributed by atoms with Gasteiger partial charge in [-0.3, -0.25) is 4.79 Å². The smallest absolute Gasteiger partial charge is 0.250 e. The molecule has 150 valence electrons. The van der Waals surface area contributed by atoms with E-state index in [2.05, 4.69) is 10.0 Å². The van der Waals surface area contributed by atoms with Gasteiger partial charge in [-0.2, -0.15) is 0 Å². The number of rotatable bonds is 8. The maximum Gasteiger partial charge on any atom is 0.250 e. The lowest BCUT2D eigenvalue weighted by Gasteiger charge is -2.26. The van der Waals surface area contributed by atoms with Crippen LogP contribution in [-0.4, -0.2) is 33.0 Å². The van der Waals surface area contributed by atoms with Crippen LogP contribution >= 0.6 is 23.7 Å². The van der Waals surface area contributed by atoms with Crippen LogP contribution in [0, 0.1) is 5.92 Å². The van der Waals surface area contributed by atoms with Gasteiger partial charge in [0.05, 0.1) is 0 Å². The molecule has 1 aromatic rings. The maximum atomic E-state index is 12.5. The first kappa shape index (κ1) is 23.4. The highest BCUT2D eigenvalue weighted by Gasteiger charge is 2.25. The molecule has 0 aliphatic heterocycles. The summed E-state index contributed by atoms with van der Waals surface area (Å²) in [5.41, 5.74) is 5.86. The Labute approximate surface area is 166 Å². The summed E-state index contributed by atoms with van der Waals surface area (Å²) in [7, 11) is -3.47. The van der Waals surface area contributed by atoms with E-state index in [1.807, 2.05) is 19.9 Å². The fourth-order valence-corrected chi connectivity index (χ4v) is 5.60. The highest BCUT2D eigenvalue weighted by atomic mass is 35.5. The molecule has 6 nitrogen and oxygen atoms in total. The Kier molecular flexibility index (Phi) is 9.54. The van der Waals surface area contributed by atoms with Crippen molar-refractivity contribution in [3.8, 4) is 0 Å². The highest BCUT2D eigenvalue weighted by molar-refractivity contribution is 7.91. The Hall–Kier alpha value is -0.670. The number of thiophene rings is 1. The summed E-state index contributed by atoms with van der Waals surface area (Å²) in [4.78, 5) is 12.6. The fraction of sp³-hybridized carbons (Fsp3) is 0.706. The molecule has 0 atom stereocenters. The van der Waals surface area contributed by atoms with Gasteiger partial charge in [0.1, 0.15) is 4.21 Å². The topological polar surface area (TPSA) is 101 Å². The lowest BCUT2D eigenvalue weighted by atomic mass is 9.93. The number of carbonyl (C=O) groups excluding carboxylic acids is 1. The predicted octanol–water partition coefficient (Wildman–Crippen LogP) is 2.42. The number of hydrogen-bond acceptors (Lipinski definition) is 5. The molecule has 1 fully saturated rings. The molecule has 0 bridgehead atoms. The van der Waals surface area contributed by atoms with Crippen molar-refractivity contribution < 1.29 is 13.2 Å². The second-order valence-corrected chi connectivity index (χ2v) is 10.3. The van der Waals surface area contributed by atoms with Gasteiger partial charge in [-0.25, -0.2) is 13.1 Å². The monoisotopic (exact) mass is 423 g/mol. The number of halogens is 1. The van der Waals surface area contributed by atoms with Gasteiger partial charge in [-0.15, -0.1) is 23.7 Å². The molecule has 0 saturated heterocycles. The van der Waals surface area contributed by atoms with Crippen molar-refractivity contribution in [2.75, 3.05) is 6.54 Å².